The summed E-state index contributed by atoms with van der Waals surface area (Å²) in [6, 6.07) is 0. The lowest BCUT2D eigenvalue weighted by Crippen LogP contribution is -2.29. The van der Waals surface area contributed by atoms with Gasteiger partial charge in [0.2, 0.25) is 0 Å². The summed E-state index contributed by atoms with van der Waals surface area (Å²) < 4.78 is 1.86. The lowest BCUT2D eigenvalue weighted by molar-refractivity contribution is 0.697. The van der Waals surface area contributed by atoms with E-state index in [0.717, 1.165) is 30.2 Å². The van der Waals surface area contributed by atoms with E-state index in [-0.39, 0.29) is 5.84 Å². The van der Waals surface area contributed by atoms with Gasteiger partial charge in [0.15, 0.2) is 0 Å². The molecule has 1 aromatic rings. The van der Waals surface area contributed by atoms with Crippen LogP contribution in [-0.2, 0) is 7.05 Å². The second-order valence-corrected chi connectivity index (χ2v) is 4.72. The van der Waals surface area contributed by atoms with E-state index in [2.05, 4.69) is 10.00 Å². The van der Waals surface area contributed by atoms with E-state index < -0.39 is 0 Å². The maximum absolute atomic E-state index is 7.70. The molecule has 0 atom stereocenters. The number of aryl methyl sites for hydroxylation is 2. The number of nitrogens with zero attached hydrogens (tertiary/aromatic N) is 3. The summed E-state index contributed by atoms with van der Waals surface area (Å²) in [5.74, 6) is 1.13. The van der Waals surface area contributed by atoms with Crippen LogP contribution in [0.25, 0.3) is 0 Å². The number of nitrogen functional groups attached to an aromatic ring is 1. The number of anilines is 1. The van der Waals surface area contributed by atoms with Crippen LogP contribution in [0.5, 0.6) is 0 Å². The van der Waals surface area contributed by atoms with Gasteiger partial charge in [-0.1, -0.05) is 12.8 Å². The van der Waals surface area contributed by atoms with Crippen LogP contribution in [0.3, 0.4) is 0 Å². The third kappa shape index (κ3) is 2.28. The van der Waals surface area contributed by atoms with Gasteiger partial charge in [0, 0.05) is 20.1 Å². The van der Waals surface area contributed by atoms with E-state index in [1.54, 1.807) is 0 Å². The second kappa shape index (κ2) is 4.77. The van der Waals surface area contributed by atoms with Crippen LogP contribution in [-0.4, -0.2) is 28.7 Å². The second-order valence-electron chi connectivity index (χ2n) is 4.72. The highest BCUT2D eigenvalue weighted by Crippen LogP contribution is 2.25. The summed E-state index contributed by atoms with van der Waals surface area (Å²) in [5, 5.41) is 12.1. The van der Waals surface area contributed by atoms with E-state index in [1.807, 2.05) is 18.7 Å². The fraction of sp³-hybridized carbons (Fsp3) is 0.667. The zero-order valence-corrected chi connectivity index (χ0v) is 10.7. The van der Waals surface area contributed by atoms with Crippen molar-refractivity contribution >= 4 is 11.7 Å². The summed E-state index contributed by atoms with van der Waals surface area (Å²) >= 11 is 0. The monoisotopic (exact) mass is 235 g/mol. The molecule has 0 amide bonds. The minimum Gasteiger partial charge on any atom is -0.384 e. The van der Waals surface area contributed by atoms with Crippen molar-refractivity contribution in [1.82, 2.24) is 9.78 Å². The SMILES string of the molecule is Cc1nn(C)c(N2CCCCCC2)c1C(=N)N. The summed E-state index contributed by atoms with van der Waals surface area (Å²) in [6.07, 6.45) is 5.01. The Bertz CT molecular complexity index is 413. The Balaban J connectivity index is 2.38. The molecule has 0 unspecified atom stereocenters. The molecule has 3 N–H and O–H groups in total. The highest BCUT2D eigenvalue weighted by molar-refractivity contribution is 6.00. The number of aromatic nitrogens is 2. The molecule has 2 heterocycles. The van der Waals surface area contributed by atoms with Gasteiger partial charge in [-0.3, -0.25) is 10.1 Å². The molecule has 0 saturated carbocycles. The summed E-state index contributed by atoms with van der Waals surface area (Å²) in [4.78, 5) is 2.32. The maximum Gasteiger partial charge on any atom is 0.137 e. The molecular weight excluding hydrogens is 214 g/mol. The van der Waals surface area contributed by atoms with Crippen molar-refractivity contribution in [3.8, 4) is 0 Å². The van der Waals surface area contributed by atoms with Crippen molar-refractivity contribution in [3.63, 3.8) is 0 Å². The van der Waals surface area contributed by atoms with Crippen LogP contribution < -0.4 is 10.6 Å². The predicted octanol–water partition coefficient (Wildman–Crippen LogP) is 1.39. The molecular formula is C12H21N5. The molecule has 1 aliphatic rings. The van der Waals surface area contributed by atoms with Gasteiger partial charge >= 0.3 is 0 Å². The van der Waals surface area contributed by atoms with Gasteiger partial charge in [-0.05, 0) is 19.8 Å². The summed E-state index contributed by atoms with van der Waals surface area (Å²) in [7, 11) is 1.93. The largest absolute Gasteiger partial charge is 0.384 e. The van der Waals surface area contributed by atoms with Crippen molar-refractivity contribution in [1.29, 1.82) is 5.41 Å². The maximum atomic E-state index is 7.70. The zero-order valence-electron chi connectivity index (χ0n) is 10.7. The molecule has 0 bridgehead atoms. The van der Waals surface area contributed by atoms with Crippen LogP contribution in [0.2, 0.25) is 0 Å². The van der Waals surface area contributed by atoms with E-state index in [1.165, 1.54) is 25.7 Å². The van der Waals surface area contributed by atoms with Gasteiger partial charge in [-0.25, -0.2) is 0 Å². The Morgan fingerprint density at radius 2 is 1.82 bits per heavy atom. The minimum atomic E-state index is 0.120. The molecule has 1 aromatic heterocycles. The number of rotatable bonds is 2. The van der Waals surface area contributed by atoms with Gasteiger partial charge in [-0.15, -0.1) is 0 Å². The lowest BCUT2D eigenvalue weighted by Gasteiger charge is -2.23. The Hall–Kier alpha value is -1.52. The Labute approximate surface area is 102 Å². The Kier molecular flexibility index (Phi) is 3.36. The van der Waals surface area contributed by atoms with E-state index in [4.69, 9.17) is 11.1 Å². The fourth-order valence-electron chi connectivity index (χ4n) is 2.61. The minimum absolute atomic E-state index is 0.120. The molecule has 5 heteroatoms. The third-order valence-corrected chi connectivity index (χ3v) is 3.37. The molecule has 1 aliphatic heterocycles. The lowest BCUT2D eigenvalue weighted by atomic mass is 10.2. The first-order chi connectivity index (χ1) is 8.11. The molecule has 0 aromatic carbocycles. The standard InChI is InChI=1S/C12H21N5/c1-9-10(11(13)14)12(16(2)15-9)17-7-5-3-4-6-8-17/h3-8H2,1-2H3,(H3,13,14). The number of amidine groups is 1. The van der Waals surface area contributed by atoms with E-state index in [0.29, 0.717) is 0 Å². The van der Waals surface area contributed by atoms with Crippen molar-refractivity contribution in [3.05, 3.63) is 11.3 Å². The van der Waals surface area contributed by atoms with Gasteiger partial charge in [-0.2, -0.15) is 5.10 Å². The van der Waals surface area contributed by atoms with Crippen LogP contribution in [0.1, 0.15) is 36.9 Å². The molecule has 17 heavy (non-hydrogen) atoms. The number of nitrogens with two attached hydrogens (primary N) is 1. The van der Waals surface area contributed by atoms with Crippen molar-refractivity contribution < 1.29 is 0 Å². The molecule has 1 saturated heterocycles. The molecule has 0 spiro atoms. The van der Waals surface area contributed by atoms with E-state index in [9.17, 15) is 0 Å². The number of hydrogen-bond donors (Lipinski definition) is 2. The molecule has 94 valence electrons. The molecule has 5 nitrogen and oxygen atoms in total. The number of hydrogen-bond acceptors (Lipinski definition) is 3. The summed E-state index contributed by atoms with van der Waals surface area (Å²) in [5.41, 5.74) is 7.32. The summed E-state index contributed by atoms with van der Waals surface area (Å²) in [6.45, 7) is 4.00. The Morgan fingerprint density at radius 1 is 1.24 bits per heavy atom. The number of nitrogens with one attached hydrogen (secondary N) is 1. The first-order valence-corrected chi connectivity index (χ1v) is 6.24. The van der Waals surface area contributed by atoms with Crippen molar-refractivity contribution in [2.24, 2.45) is 12.8 Å². The quantitative estimate of drug-likeness (QED) is 0.601. The van der Waals surface area contributed by atoms with Gasteiger partial charge < -0.3 is 10.6 Å². The molecule has 0 radical (unpaired) electrons. The van der Waals surface area contributed by atoms with Crippen LogP contribution in [0, 0.1) is 12.3 Å². The molecule has 2 rings (SSSR count). The normalized spacial score (nSPS) is 16.9. The smallest absolute Gasteiger partial charge is 0.137 e. The Morgan fingerprint density at radius 3 is 2.35 bits per heavy atom. The highest BCUT2D eigenvalue weighted by Gasteiger charge is 2.21. The van der Waals surface area contributed by atoms with E-state index >= 15 is 0 Å². The topological polar surface area (TPSA) is 70.9 Å². The first-order valence-electron chi connectivity index (χ1n) is 6.24. The van der Waals surface area contributed by atoms with Crippen LogP contribution in [0.4, 0.5) is 5.82 Å². The van der Waals surface area contributed by atoms with Crippen molar-refractivity contribution in [2.75, 3.05) is 18.0 Å². The van der Waals surface area contributed by atoms with Crippen LogP contribution in [0.15, 0.2) is 0 Å². The van der Waals surface area contributed by atoms with Gasteiger partial charge in [0.05, 0.1) is 11.3 Å². The average Bonchev–Trinajstić information content (AvgIpc) is 2.47. The van der Waals surface area contributed by atoms with Gasteiger partial charge in [0.1, 0.15) is 11.7 Å². The third-order valence-electron chi connectivity index (χ3n) is 3.37. The first kappa shape index (κ1) is 12.0. The molecule has 0 aliphatic carbocycles. The fourth-order valence-corrected chi connectivity index (χ4v) is 2.61. The highest BCUT2D eigenvalue weighted by atomic mass is 15.4. The molecule has 1 fully saturated rings. The van der Waals surface area contributed by atoms with Gasteiger partial charge in [0.25, 0.3) is 0 Å². The van der Waals surface area contributed by atoms with Crippen LogP contribution >= 0.6 is 0 Å². The zero-order chi connectivity index (χ0) is 12.4. The predicted molar refractivity (Wildman–Crippen MR) is 69.6 cm³/mol. The van der Waals surface area contributed by atoms with Crippen molar-refractivity contribution in [2.45, 2.75) is 32.6 Å². The average molecular weight is 235 g/mol.